The van der Waals surface area contributed by atoms with Gasteiger partial charge in [-0.1, -0.05) is 0 Å². The predicted molar refractivity (Wildman–Crippen MR) is 95.0 cm³/mol. The highest BCUT2D eigenvalue weighted by molar-refractivity contribution is 5.94. The molecule has 0 saturated carbocycles. The van der Waals surface area contributed by atoms with Crippen molar-refractivity contribution in [1.29, 1.82) is 0 Å². The summed E-state index contributed by atoms with van der Waals surface area (Å²) in [6, 6.07) is 1.28. The SMILES string of the molecule is Cl.NC(=Nc1ccc(C(F)(F)F)c(C(F)(F)F)c1)Nc1ccc(C(F)(F)F)c(C(F)(F)F)c1. The van der Waals surface area contributed by atoms with Gasteiger partial charge in [0.2, 0.25) is 0 Å². The first-order valence-corrected chi connectivity index (χ1v) is 7.98. The number of halogens is 13. The van der Waals surface area contributed by atoms with E-state index in [1.807, 2.05) is 5.32 Å². The van der Waals surface area contributed by atoms with Crippen LogP contribution in [0.15, 0.2) is 41.4 Å². The van der Waals surface area contributed by atoms with E-state index in [1.165, 1.54) is 0 Å². The highest BCUT2D eigenvalue weighted by Crippen LogP contribution is 2.43. The van der Waals surface area contributed by atoms with Crippen LogP contribution in [0.5, 0.6) is 0 Å². The molecule has 33 heavy (non-hydrogen) atoms. The van der Waals surface area contributed by atoms with Crippen molar-refractivity contribution < 1.29 is 52.7 Å². The Labute approximate surface area is 182 Å². The molecule has 0 aliphatic rings. The predicted octanol–water partition coefficient (Wildman–Crippen LogP) is 7.24. The summed E-state index contributed by atoms with van der Waals surface area (Å²) in [7, 11) is 0. The number of alkyl halides is 12. The first-order chi connectivity index (χ1) is 14.3. The third kappa shape index (κ3) is 7.07. The molecular formula is C17H10ClF12N3. The molecule has 0 fully saturated rings. The third-order valence-electron chi connectivity index (χ3n) is 3.77. The molecule has 0 spiro atoms. The fourth-order valence-corrected chi connectivity index (χ4v) is 2.50. The smallest absolute Gasteiger partial charge is 0.369 e. The zero-order valence-corrected chi connectivity index (χ0v) is 16.2. The fourth-order valence-electron chi connectivity index (χ4n) is 2.50. The van der Waals surface area contributed by atoms with E-state index in [0.717, 1.165) is 0 Å². The molecule has 3 nitrogen and oxygen atoms in total. The zero-order valence-electron chi connectivity index (χ0n) is 15.4. The number of nitrogens with two attached hydrogens (primary N) is 1. The van der Waals surface area contributed by atoms with Gasteiger partial charge >= 0.3 is 24.7 Å². The highest BCUT2D eigenvalue weighted by Gasteiger charge is 2.44. The molecule has 0 aromatic heterocycles. The summed E-state index contributed by atoms with van der Waals surface area (Å²) in [4.78, 5) is 3.33. The van der Waals surface area contributed by atoms with Gasteiger partial charge in [-0.25, -0.2) is 4.99 Å². The van der Waals surface area contributed by atoms with Gasteiger partial charge in [-0.15, -0.1) is 12.4 Å². The van der Waals surface area contributed by atoms with Crippen LogP contribution in [0.25, 0.3) is 0 Å². The minimum Gasteiger partial charge on any atom is -0.369 e. The number of rotatable bonds is 2. The molecule has 0 atom stereocenters. The first kappa shape index (κ1) is 28.2. The van der Waals surface area contributed by atoms with Gasteiger partial charge < -0.3 is 11.1 Å². The van der Waals surface area contributed by atoms with Crippen molar-refractivity contribution in [3.63, 3.8) is 0 Å². The van der Waals surface area contributed by atoms with Crippen LogP contribution >= 0.6 is 12.4 Å². The van der Waals surface area contributed by atoms with E-state index in [9.17, 15) is 52.7 Å². The van der Waals surface area contributed by atoms with E-state index >= 15 is 0 Å². The minimum absolute atomic E-state index is 0. The zero-order chi connectivity index (χ0) is 24.7. The topological polar surface area (TPSA) is 50.4 Å². The Morgan fingerprint density at radius 2 is 1.00 bits per heavy atom. The maximum atomic E-state index is 12.9. The van der Waals surface area contributed by atoms with Crippen LogP contribution in [-0.2, 0) is 24.7 Å². The Bertz CT molecular complexity index is 1020. The van der Waals surface area contributed by atoms with Crippen molar-refractivity contribution in [3.8, 4) is 0 Å². The van der Waals surface area contributed by atoms with Crippen molar-refractivity contribution in [2.75, 3.05) is 5.32 Å². The summed E-state index contributed by atoms with van der Waals surface area (Å²) < 4.78 is 154. The third-order valence-corrected chi connectivity index (χ3v) is 3.77. The van der Waals surface area contributed by atoms with Gasteiger partial charge in [-0.2, -0.15) is 52.7 Å². The number of nitrogens with one attached hydrogen (secondary N) is 1. The lowest BCUT2D eigenvalue weighted by molar-refractivity contribution is -0.162. The Balaban J connectivity index is 0.00000544. The highest BCUT2D eigenvalue weighted by atomic mass is 35.5. The normalized spacial score (nSPS) is 13.5. The van der Waals surface area contributed by atoms with Crippen LogP contribution in [-0.4, -0.2) is 5.96 Å². The molecule has 0 radical (unpaired) electrons. The van der Waals surface area contributed by atoms with Crippen LogP contribution in [0.3, 0.4) is 0 Å². The average Bonchev–Trinajstić information content (AvgIpc) is 2.58. The van der Waals surface area contributed by atoms with Crippen molar-refractivity contribution in [3.05, 3.63) is 58.7 Å². The molecule has 2 aromatic rings. The van der Waals surface area contributed by atoms with Crippen molar-refractivity contribution in [2.24, 2.45) is 10.7 Å². The van der Waals surface area contributed by atoms with Gasteiger partial charge in [0.25, 0.3) is 0 Å². The molecule has 0 bridgehead atoms. The minimum atomic E-state index is -5.42. The van der Waals surface area contributed by atoms with Crippen LogP contribution in [0.1, 0.15) is 22.3 Å². The summed E-state index contributed by atoms with van der Waals surface area (Å²) in [5.41, 5.74) is -4.24. The molecule has 0 aliphatic heterocycles. The fraction of sp³-hybridized carbons (Fsp3) is 0.235. The lowest BCUT2D eigenvalue weighted by Gasteiger charge is -2.17. The van der Waals surface area contributed by atoms with E-state index < -0.39 is 64.3 Å². The van der Waals surface area contributed by atoms with Crippen molar-refractivity contribution in [2.45, 2.75) is 24.7 Å². The summed E-state index contributed by atoms with van der Waals surface area (Å²) in [6.07, 6.45) is -21.5. The lowest BCUT2D eigenvalue weighted by Crippen LogP contribution is -2.23. The van der Waals surface area contributed by atoms with Gasteiger partial charge in [-0.05, 0) is 36.4 Å². The second-order valence-electron chi connectivity index (χ2n) is 6.10. The van der Waals surface area contributed by atoms with Gasteiger partial charge in [0.05, 0.1) is 27.9 Å². The van der Waals surface area contributed by atoms with Crippen molar-refractivity contribution >= 4 is 29.7 Å². The molecule has 0 heterocycles. The Morgan fingerprint density at radius 1 is 0.606 bits per heavy atom. The summed E-state index contributed by atoms with van der Waals surface area (Å²) >= 11 is 0. The maximum Gasteiger partial charge on any atom is 0.417 e. The number of anilines is 1. The van der Waals surface area contributed by atoms with Crippen LogP contribution in [0, 0.1) is 0 Å². The summed E-state index contributed by atoms with van der Waals surface area (Å²) in [5.74, 6) is -0.897. The monoisotopic (exact) mass is 519 g/mol. The molecule has 16 heteroatoms. The van der Waals surface area contributed by atoms with Crippen LogP contribution < -0.4 is 11.1 Å². The Morgan fingerprint density at radius 3 is 1.42 bits per heavy atom. The van der Waals surface area contributed by atoms with E-state index in [0.29, 0.717) is 12.1 Å². The first-order valence-electron chi connectivity index (χ1n) is 7.98. The molecule has 0 unspecified atom stereocenters. The number of benzene rings is 2. The van der Waals surface area contributed by atoms with E-state index in [1.54, 1.807) is 0 Å². The number of hydrogen-bond donors (Lipinski definition) is 2. The van der Waals surface area contributed by atoms with Gasteiger partial charge in [0, 0.05) is 5.69 Å². The Hall–Kier alpha value is -2.84. The molecule has 0 saturated heterocycles. The van der Waals surface area contributed by atoms with Crippen LogP contribution in [0.4, 0.5) is 64.1 Å². The number of hydrogen-bond acceptors (Lipinski definition) is 1. The van der Waals surface area contributed by atoms with Gasteiger partial charge in [0.1, 0.15) is 0 Å². The quantitative estimate of drug-likeness (QED) is 0.250. The maximum absolute atomic E-state index is 12.9. The largest absolute Gasteiger partial charge is 0.417 e. The Kier molecular flexibility index (Phi) is 7.85. The van der Waals surface area contributed by atoms with Crippen LogP contribution in [0.2, 0.25) is 0 Å². The number of nitrogens with zero attached hydrogens (tertiary/aromatic N) is 1. The summed E-state index contributed by atoms with van der Waals surface area (Å²) in [6.45, 7) is 0. The molecule has 0 amide bonds. The van der Waals surface area contributed by atoms with E-state index in [4.69, 9.17) is 5.73 Å². The second-order valence-corrected chi connectivity index (χ2v) is 6.10. The summed E-state index contributed by atoms with van der Waals surface area (Å²) in [5, 5.41) is 1.94. The standard InChI is InChI=1S/C17H9F12N3.ClH/c18-14(19,20)9-3-1-7(5-11(9)16(24,25)26)31-13(30)32-8-2-4-10(15(21,22)23)12(6-8)17(27,28)29;/h1-6H,(H3,30,31,32);1H. The molecule has 184 valence electrons. The lowest BCUT2D eigenvalue weighted by atomic mass is 10.1. The molecule has 0 aliphatic carbocycles. The number of guanidine groups is 1. The number of aliphatic imine (C=N–C) groups is 1. The van der Waals surface area contributed by atoms with E-state index in [-0.39, 0.29) is 36.7 Å². The van der Waals surface area contributed by atoms with Crippen molar-refractivity contribution in [1.82, 2.24) is 0 Å². The molecular weight excluding hydrogens is 510 g/mol. The van der Waals surface area contributed by atoms with E-state index in [2.05, 4.69) is 4.99 Å². The van der Waals surface area contributed by atoms with Gasteiger partial charge in [-0.3, -0.25) is 0 Å². The second kappa shape index (κ2) is 9.19. The molecule has 2 aromatic carbocycles. The molecule has 3 N–H and O–H groups in total. The van der Waals surface area contributed by atoms with Gasteiger partial charge in [0.15, 0.2) is 5.96 Å². The molecule has 2 rings (SSSR count). The average molecular weight is 520 g/mol.